The van der Waals surface area contributed by atoms with Crippen LogP contribution < -0.4 is 10.6 Å². The highest BCUT2D eigenvalue weighted by atomic mass is 35.5. The fraction of sp³-hybridized carbons (Fsp3) is 0.316. The zero-order valence-corrected chi connectivity index (χ0v) is 17.1. The smallest absolute Gasteiger partial charge is 0.316 e. The summed E-state index contributed by atoms with van der Waals surface area (Å²) in [5, 5.41) is 14.1. The van der Waals surface area contributed by atoms with Gasteiger partial charge in [0.2, 0.25) is 0 Å². The largest absolute Gasteiger partial charge is 0.350 e. The first-order valence-corrected chi connectivity index (χ1v) is 9.38. The number of benzene rings is 1. The number of carbonyl (C=O) groups is 2. The van der Waals surface area contributed by atoms with E-state index in [0.717, 1.165) is 11.3 Å². The van der Waals surface area contributed by atoms with Gasteiger partial charge >= 0.3 is 11.8 Å². The van der Waals surface area contributed by atoms with Crippen molar-refractivity contribution < 1.29 is 14.1 Å². The minimum atomic E-state index is -0.514. The van der Waals surface area contributed by atoms with Gasteiger partial charge in [-0.1, -0.05) is 35.0 Å². The van der Waals surface area contributed by atoms with Crippen LogP contribution in [0.15, 0.2) is 28.8 Å². The SMILES string of the molecule is Cc1ccccc1C(=O)NCCNC(=O)c1nc(Cn2nc(C)c(Cl)c2C)no1. The quantitative estimate of drug-likeness (QED) is 0.569. The number of hydrogen-bond acceptors (Lipinski definition) is 6. The third-order valence-corrected chi connectivity index (χ3v) is 4.88. The molecule has 2 N–H and O–H groups in total. The van der Waals surface area contributed by atoms with Crippen LogP contribution in [0.25, 0.3) is 0 Å². The van der Waals surface area contributed by atoms with Crippen LogP contribution >= 0.6 is 11.6 Å². The molecule has 3 aromatic rings. The number of halogens is 1. The van der Waals surface area contributed by atoms with Gasteiger partial charge in [0.25, 0.3) is 5.91 Å². The summed E-state index contributed by atoms with van der Waals surface area (Å²) in [6.45, 7) is 6.23. The van der Waals surface area contributed by atoms with Crippen molar-refractivity contribution in [3.63, 3.8) is 0 Å². The van der Waals surface area contributed by atoms with Gasteiger partial charge in [-0.15, -0.1) is 0 Å². The van der Waals surface area contributed by atoms with Crippen molar-refractivity contribution in [1.29, 1.82) is 0 Å². The van der Waals surface area contributed by atoms with Gasteiger partial charge in [-0.3, -0.25) is 14.3 Å². The average Bonchev–Trinajstić information content (AvgIpc) is 3.26. The van der Waals surface area contributed by atoms with Gasteiger partial charge in [-0.05, 0) is 32.4 Å². The van der Waals surface area contributed by atoms with E-state index >= 15 is 0 Å². The Morgan fingerprint density at radius 3 is 2.45 bits per heavy atom. The molecule has 29 heavy (non-hydrogen) atoms. The van der Waals surface area contributed by atoms with Crippen LogP contribution in [0.5, 0.6) is 0 Å². The molecule has 10 heteroatoms. The first-order chi connectivity index (χ1) is 13.9. The average molecular weight is 417 g/mol. The highest BCUT2D eigenvalue weighted by molar-refractivity contribution is 6.31. The van der Waals surface area contributed by atoms with Crippen LogP contribution in [-0.4, -0.2) is 44.8 Å². The number of amides is 2. The van der Waals surface area contributed by atoms with E-state index in [0.29, 0.717) is 22.1 Å². The summed E-state index contributed by atoms with van der Waals surface area (Å²) in [4.78, 5) is 28.3. The van der Waals surface area contributed by atoms with Gasteiger partial charge in [0.15, 0.2) is 5.82 Å². The lowest BCUT2D eigenvalue weighted by atomic mass is 10.1. The Morgan fingerprint density at radius 1 is 1.10 bits per heavy atom. The molecular weight excluding hydrogens is 396 g/mol. The van der Waals surface area contributed by atoms with Crippen molar-refractivity contribution in [2.75, 3.05) is 13.1 Å². The van der Waals surface area contributed by atoms with E-state index < -0.39 is 5.91 Å². The molecule has 0 aliphatic carbocycles. The Balaban J connectivity index is 1.48. The van der Waals surface area contributed by atoms with E-state index in [9.17, 15) is 9.59 Å². The standard InChI is InChI=1S/C19H21ClN6O3/c1-11-6-4-5-7-14(11)17(27)21-8-9-22-18(28)19-23-15(25-29-19)10-26-13(3)16(20)12(2)24-26/h4-7H,8-10H2,1-3H3,(H,21,27)(H,22,28). The molecule has 0 saturated carbocycles. The van der Waals surface area contributed by atoms with E-state index in [4.69, 9.17) is 16.1 Å². The molecule has 0 bridgehead atoms. The van der Waals surface area contributed by atoms with Crippen LogP contribution in [0.1, 0.15) is 43.8 Å². The van der Waals surface area contributed by atoms with Crippen LogP contribution in [0.3, 0.4) is 0 Å². The summed E-state index contributed by atoms with van der Waals surface area (Å²) in [7, 11) is 0. The molecule has 0 spiro atoms. The zero-order chi connectivity index (χ0) is 21.0. The summed E-state index contributed by atoms with van der Waals surface area (Å²) in [5.41, 5.74) is 2.98. The number of rotatable bonds is 7. The van der Waals surface area contributed by atoms with Crippen molar-refractivity contribution in [1.82, 2.24) is 30.6 Å². The molecule has 0 aliphatic heterocycles. The van der Waals surface area contributed by atoms with Crippen molar-refractivity contribution in [2.24, 2.45) is 0 Å². The molecule has 9 nitrogen and oxygen atoms in total. The molecular formula is C19H21ClN6O3. The molecule has 152 valence electrons. The zero-order valence-electron chi connectivity index (χ0n) is 16.3. The van der Waals surface area contributed by atoms with Crippen LogP contribution in [0.4, 0.5) is 0 Å². The van der Waals surface area contributed by atoms with Crippen molar-refractivity contribution in [2.45, 2.75) is 27.3 Å². The third kappa shape index (κ3) is 4.80. The molecule has 0 saturated heterocycles. The Hall–Kier alpha value is -3.20. The lowest BCUT2D eigenvalue weighted by Gasteiger charge is -2.07. The van der Waals surface area contributed by atoms with Crippen LogP contribution in [-0.2, 0) is 6.54 Å². The lowest BCUT2D eigenvalue weighted by molar-refractivity contribution is 0.0898. The van der Waals surface area contributed by atoms with Crippen LogP contribution in [0, 0.1) is 20.8 Å². The molecule has 2 aromatic heterocycles. The predicted octanol–water partition coefficient (Wildman–Crippen LogP) is 2.05. The maximum absolute atomic E-state index is 12.1. The number of nitrogens with one attached hydrogen (secondary N) is 2. The summed E-state index contributed by atoms with van der Waals surface area (Å²) in [6.07, 6.45) is 0. The second-order valence-corrected chi connectivity index (χ2v) is 6.86. The Bertz CT molecular complexity index is 1040. The first-order valence-electron chi connectivity index (χ1n) is 9.01. The molecule has 0 atom stereocenters. The molecule has 0 unspecified atom stereocenters. The fourth-order valence-electron chi connectivity index (χ4n) is 2.72. The fourth-order valence-corrected chi connectivity index (χ4v) is 2.86. The summed E-state index contributed by atoms with van der Waals surface area (Å²) >= 11 is 6.12. The number of aromatic nitrogens is 4. The van der Waals surface area contributed by atoms with Crippen LogP contribution in [0.2, 0.25) is 5.02 Å². The van der Waals surface area contributed by atoms with Gasteiger partial charge < -0.3 is 15.2 Å². The van der Waals surface area contributed by atoms with E-state index in [1.165, 1.54) is 0 Å². The Labute approximate surface area is 172 Å². The maximum Gasteiger partial charge on any atom is 0.316 e. The highest BCUT2D eigenvalue weighted by Crippen LogP contribution is 2.19. The van der Waals surface area contributed by atoms with E-state index in [-0.39, 0.29) is 31.4 Å². The number of hydrogen-bond donors (Lipinski definition) is 2. The molecule has 2 heterocycles. The molecule has 3 rings (SSSR count). The Kier molecular flexibility index (Phi) is 6.28. The van der Waals surface area contributed by atoms with Gasteiger partial charge in [0.1, 0.15) is 6.54 Å². The van der Waals surface area contributed by atoms with Gasteiger partial charge in [-0.25, -0.2) is 0 Å². The van der Waals surface area contributed by atoms with Gasteiger partial charge in [0, 0.05) is 18.7 Å². The van der Waals surface area contributed by atoms with Gasteiger partial charge in [-0.2, -0.15) is 10.1 Å². The molecule has 2 amide bonds. The molecule has 0 aliphatic rings. The van der Waals surface area contributed by atoms with Crippen molar-refractivity contribution in [3.8, 4) is 0 Å². The minimum absolute atomic E-state index is 0.155. The molecule has 0 fully saturated rings. The maximum atomic E-state index is 12.1. The topological polar surface area (TPSA) is 115 Å². The van der Waals surface area contributed by atoms with E-state index in [2.05, 4.69) is 25.9 Å². The molecule has 0 radical (unpaired) electrons. The van der Waals surface area contributed by atoms with Crippen molar-refractivity contribution >= 4 is 23.4 Å². The monoisotopic (exact) mass is 416 g/mol. The van der Waals surface area contributed by atoms with E-state index in [1.54, 1.807) is 23.7 Å². The lowest BCUT2D eigenvalue weighted by Crippen LogP contribution is -2.35. The highest BCUT2D eigenvalue weighted by Gasteiger charge is 2.17. The van der Waals surface area contributed by atoms with Gasteiger partial charge in [0.05, 0.1) is 16.4 Å². The number of aryl methyl sites for hydroxylation is 2. The summed E-state index contributed by atoms with van der Waals surface area (Å²) < 4.78 is 6.65. The second kappa shape index (κ2) is 8.87. The van der Waals surface area contributed by atoms with Crippen molar-refractivity contribution in [3.05, 3.63) is 63.5 Å². The third-order valence-electron chi connectivity index (χ3n) is 4.33. The second-order valence-electron chi connectivity index (χ2n) is 6.48. The first kappa shape index (κ1) is 20.5. The number of carbonyl (C=O) groups excluding carboxylic acids is 2. The summed E-state index contributed by atoms with van der Waals surface area (Å²) in [5.74, 6) is -0.551. The van der Waals surface area contributed by atoms with E-state index in [1.807, 2.05) is 26.0 Å². The normalized spacial score (nSPS) is 10.8. The minimum Gasteiger partial charge on any atom is -0.350 e. The molecule has 1 aromatic carbocycles. The predicted molar refractivity (Wildman–Crippen MR) is 106 cm³/mol. The Morgan fingerprint density at radius 2 is 1.79 bits per heavy atom. The number of nitrogens with zero attached hydrogens (tertiary/aromatic N) is 4. The summed E-state index contributed by atoms with van der Waals surface area (Å²) in [6, 6.07) is 7.29.